The molecule has 0 atom stereocenters. The monoisotopic (exact) mass is 257 g/mol. The summed E-state index contributed by atoms with van der Waals surface area (Å²) in [5.41, 5.74) is 1.31. The van der Waals surface area contributed by atoms with E-state index in [1.165, 1.54) is 6.39 Å². The van der Waals surface area contributed by atoms with Crippen LogP contribution in [-0.4, -0.2) is 22.2 Å². The summed E-state index contributed by atoms with van der Waals surface area (Å²) in [6, 6.07) is 7.44. The molecule has 0 aliphatic rings. The van der Waals surface area contributed by atoms with Gasteiger partial charge in [0, 0.05) is 0 Å². The van der Waals surface area contributed by atoms with E-state index in [1.807, 2.05) is 24.3 Å². The average Bonchev–Trinajstić information content (AvgIpc) is 3.07. The van der Waals surface area contributed by atoms with Crippen molar-refractivity contribution in [3.8, 4) is 28.7 Å². The molecule has 0 bridgehead atoms. The molecule has 2 heterocycles. The average molecular weight is 257 g/mol. The third-order valence-electron chi connectivity index (χ3n) is 2.72. The number of oxazole rings is 1. The molecule has 0 N–H and O–H groups in total. The summed E-state index contributed by atoms with van der Waals surface area (Å²) in [4.78, 5) is 8.36. The lowest BCUT2D eigenvalue weighted by Crippen LogP contribution is -1.88. The first kappa shape index (κ1) is 11.5. The summed E-state index contributed by atoms with van der Waals surface area (Å²) >= 11 is 0. The Morgan fingerprint density at radius 2 is 2.05 bits per heavy atom. The fraction of sp³-hybridized carbons (Fsp3) is 0.154. The molecule has 1 aromatic carbocycles. The highest BCUT2D eigenvalue weighted by Crippen LogP contribution is 2.29. The number of hydrogen-bond donors (Lipinski definition) is 0. The van der Waals surface area contributed by atoms with Crippen LogP contribution in [0.4, 0.5) is 0 Å². The Hall–Kier alpha value is -2.63. The molecule has 0 fully saturated rings. The summed E-state index contributed by atoms with van der Waals surface area (Å²) in [7, 11) is 1.60. The molecule has 0 aliphatic carbocycles. The van der Waals surface area contributed by atoms with E-state index in [-0.39, 0.29) is 0 Å². The number of hydrogen-bond acceptors (Lipinski definition) is 6. The van der Waals surface area contributed by atoms with Crippen molar-refractivity contribution in [3.05, 3.63) is 36.4 Å². The fourth-order valence-corrected chi connectivity index (χ4v) is 1.77. The molecular formula is C13H11N3O3. The molecule has 6 heteroatoms. The number of methoxy groups -OCH3 is 1. The highest BCUT2D eigenvalue weighted by atomic mass is 16.5. The standard InChI is InChI=1S/C13H11N3O3/c1-8-11(14-7-18-8)12-15-13(19-16-12)9-5-3-4-6-10(9)17-2/h3-7H,1-2H3. The van der Waals surface area contributed by atoms with Crippen LogP contribution < -0.4 is 4.74 Å². The molecule has 96 valence electrons. The smallest absolute Gasteiger partial charge is 0.262 e. The number of ether oxygens (including phenoxy) is 1. The van der Waals surface area contributed by atoms with E-state index in [0.717, 1.165) is 5.56 Å². The SMILES string of the molecule is COc1ccccc1-c1nc(-c2ncoc2C)no1. The van der Waals surface area contributed by atoms with Gasteiger partial charge in [-0.3, -0.25) is 0 Å². The van der Waals surface area contributed by atoms with E-state index < -0.39 is 0 Å². The normalized spacial score (nSPS) is 10.6. The molecule has 0 unspecified atom stereocenters. The van der Waals surface area contributed by atoms with E-state index in [0.29, 0.717) is 28.9 Å². The Kier molecular flexibility index (Phi) is 2.75. The lowest BCUT2D eigenvalue weighted by atomic mass is 10.2. The van der Waals surface area contributed by atoms with Gasteiger partial charge in [-0.25, -0.2) is 4.98 Å². The van der Waals surface area contributed by atoms with Crippen molar-refractivity contribution < 1.29 is 13.7 Å². The zero-order valence-electron chi connectivity index (χ0n) is 10.5. The molecule has 19 heavy (non-hydrogen) atoms. The van der Waals surface area contributed by atoms with E-state index >= 15 is 0 Å². The highest BCUT2D eigenvalue weighted by Gasteiger charge is 2.17. The number of nitrogens with zero attached hydrogens (tertiary/aromatic N) is 3. The first-order valence-electron chi connectivity index (χ1n) is 5.67. The second-order valence-corrected chi connectivity index (χ2v) is 3.88. The quantitative estimate of drug-likeness (QED) is 0.718. The van der Waals surface area contributed by atoms with Crippen LogP contribution >= 0.6 is 0 Å². The Bertz CT molecular complexity index is 702. The number of aryl methyl sites for hydroxylation is 1. The lowest BCUT2D eigenvalue weighted by Gasteiger charge is -2.02. The summed E-state index contributed by atoms with van der Waals surface area (Å²) in [5, 5.41) is 3.91. The second kappa shape index (κ2) is 4.56. The number of benzene rings is 1. The van der Waals surface area contributed by atoms with Gasteiger partial charge in [-0.2, -0.15) is 4.98 Å². The van der Waals surface area contributed by atoms with Crippen LogP contribution in [0, 0.1) is 6.92 Å². The van der Waals surface area contributed by atoms with Gasteiger partial charge in [-0.05, 0) is 19.1 Å². The summed E-state index contributed by atoms with van der Waals surface area (Å²) in [6.07, 6.45) is 1.35. The van der Waals surface area contributed by atoms with Crippen LogP contribution in [0.3, 0.4) is 0 Å². The van der Waals surface area contributed by atoms with Crippen molar-refractivity contribution in [2.75, 3.05) is 7.11 Å². The molecule has 0 saturated heterocycles. The summed E-state index contributed by atoms with van der Waals surface area (Å²) < 4.78 is 15.6. The van der Waals surface area contributed by atoms with E-state index in [1.54, 1.807) is 14.0 Å². The molecule has 3 rings (SSSR count). The maximum absolute atomic E-state index is 5.26. The minimum absolute atomic E-state index is 0.384. The Balaban J connectivity index is 2.04. The number of para-hydroxylation sites is 1. The topological polar surface area (TPSA) is 74.2 Å². The van der Waals surface area contributed by atoms with Crippen molar-refractivity contribution in [1.82, 2.24) is 15.1 Å². The van der Waals surface area contributed by atoms with Gasteiger partial charge in [0.15, 0.2) is 12.1 Å². The number of aromatic nitrogens is 3. The van der Waals surface area contributed by atoms with Crippen molar-refractivity contribution in [2.45, 2.75) is 6.92 Å². The predicted octanol–water partition coefficient (Wildman–Crippen LogP) is 2.71. The molecular weight excluding hydrogens is 246 g/mol. The van der Waals surface area contributed by atoms with Crippen LogP contribution in [0.5, 0.6) is 5.75 Å². The van der Waals surface area contributed by atoms with Gasteiger partial charge in [0.05, 0.1) is 12.7 Å². The maximum Gasteiger partial charge on any atom is 0.262 e. The molecule has 0 radical (unpaired) electrons. The third kappa shape index (κ3) is 1.97. The molecule has 2 aromatic heterocycles. The Morgan fingerprint density at radius 1 is 1.21 bits per heavy atom. The summed E-state index contributed by atoms with van der Waals surface area (Å²) in [6.45, 7) is 1.79. The van der Waals surface area contributed by atoms with Crippen molar-refractivity contribution in [1.29, 1.82) is 0 Å². The van der Waals surface area contributed by atoms with Crippen LogP contribution in [0.2, 0.25) is 0 Å². The maximum atomic E-state index is 5.26. The minimum atomic E-state index is 0.384. The molecule has 6 nitrogen and oxygen atoms in total. The first-order valence-corrected chi connectivity index (χ1v) is 5.67. The first-order chi connectivity index (χ1) is 9.29. The van der Waals surface area contributed by atoms with Gasteiger partial charge in [-0.1, -0.05) is 17.3 Å². The third-order valence-corrected chi connectivity index (χ3v) is 2.72. The van der Waals surface area contributed by atoms with Gasteiger partial charge >= 0.3 is 0 Å². The zero-order valence-corrected chi connectivity index (χ0v) is 10.5. The van der Waals surface area contributed by atoms with E-state index in [2.05, 4.69) is 15.1 Å². The van der Waals surface area contributed by atoms with Gasteiger partial charge in [0.25, 0.3) is 5.89 Å². The van der Waals surface area contributed by atoms with Crippen molar-refractivity contribution in [3.63, 3.8) is 0 Å². The molecule has 0 amide bonds. The van der Waals surface area contributed by atoms with Gasteiger partial charge in [0.1, 0.15) is 11.5 Å². The lowest BCUT2D eigenvalue weighted by molar-refractivity contribution is 0.405. The molecule has 0 saturated carbocycles. The van der Waals surface area contributed by atoms with Gasteiger partial charge < -0.3 is 13.7 Å². The molecule has 0 spiro atoms. The van der Waals surface area contributed by atoms with Crippen molar-refractivity contribution in [2.24, 2.45) is 0 Å². The van der Waals surface area contributed by atoms with E-state index in [4.69, 9.17) is 13.7 Å². The fourth-order valence-electron chi connectivity index (χ4n) is 1.77. The zero-order chi connectivity index (χ0) is 13.2. The molecule has 0 aliphatic heterocycles. The van der Waals surface area contributed by atoms with Crippen LogP contribution in [0.25, 0.3) is 23.0 Å². The van der Waals surface area contributed by atoms with Crippen LogP contribution in [0.1, 0.15) is 5.76 Å². The van der Waals surface area contributed by atoms with E-state index in [9.17, 15) is 0 Å². The van der Waals surface area contributed by atoms with Crippen molar-refractivity contribution >= 4 is 0 Å². The second-order valence-electron chi connectivity index (χ2n) is 3.88. The Labute approximate surface area is 109 Å². The Morgan fingerprint density at radius 3 is 2.79 bits per heavy atom. The minimum Gasteiger partial charge on any atom is -0.496 e. The highest BCUT2D eigenvalue weighted by molar-refractivity contribution is 5.64. The van der Waals surface area contributed by atoms with Gasteiger partial charge in [-0.15, -0.1) is 0 Å². The summed E-state index contributed by atoms with van der Waals surface area (Å²) in [5.74, 6) is 2.10. The van der Waals surface area contributed by atoms with Crippen LogP contribution in [-0.2, 0) is 0 Å². The van der Waals surface area contributed by atoms with Crippen LogP contribution in [0.15, 0.2) is 39.6 Å². The largest absolute Gasteiger partial charge is 0.496 e. The number of rotatable bonds is 3. The molecule has 3 aromatic rings. The predicted molar refractivity (Wildman–Crippen MR) is 66.5 cm³/mol. The van der Waals surface area contributed by atoms with Gasteiger partial charge in [0.2, 0.25) is 5.82 Å².